The largest absolute Gasteiger partial charge is 0.309 e. The maximum atomic E-state index is 5.51. The number of aromatic nitrogens is 5. The molecule has 0 radical (unpaired) electrons. The molecular weight excluding hydrogens is 671 g/mol. The highest BCUT2D eigenvalue weighted by Crippen LogP contribution is 2.45. The summed E-state index contributed by atoms with van der Waals surface area (Å²) in [4.78, 5) is 11.0. The number of hydrogen-bond donors (Lipinski definition) is 0. The van der Waals surface area contributed by atoms with Crippen molar-refractivity contribution in [1.82, 2.24) is 23.5 Å². The van der Waals surface area contributed by atoms with E-state index in [1.54, 1.807) is 0 Å². The summed E-state index contributed by atoms with van der Waals surface area (Å²) in [6, 6.07) is 63.3. The van der Waals surface area contributed by atoms with E-state index in [2.05, 4.69) is 177 Å². The van der Waals surface area contributed by atoms with Gasteiger partial charge in [-0.05, 0) is 66.0 Å². The summed E-state index contributed by atoms with van der Waals surface area (Å²) in [5.41, 5.74) is 12.8. The Kier molecular flexibility index (Phi) is 5.57. The minimum absolute atomic E-state index is 0.811. The molecule has 0 spiro atoms. The quantitative estimate of drug-likeness (QED) is 0.184. The van der Waals surface area contributed by atoms with Crippen LogP contribution in [0.5, 0.6) is 0 Å². The second kappa shape index (κ2) is 10.6. The first-order chi connectivity index (χ1) is 27.3. The Bertz CT molecular complexity index is 3720. The van der Waals surface area contributed by atoms with Crippen LogP contribution in [0.15, 0.2) is 176 Å². The average molecular weight is 700 g/mol. The van der Waals surface area contributed by atoms with Crippen molar-refractivity contribution in [2.45, 2.75) is 0 Å². The van der Waals surface area contributed by atoms with Gasteiger partial charge in [-0.1, -0.05) is 115 Å². The zero-order valence-electron chi connectivity index (χ0n) is 29.5. The smallest absolute Gasteiger partial charge is 0.165 e. The predicted octanol–water partition coefficient (Wildman–Crippen LogP) is 12.6. The minimum atomic E-state index is 0.811. The maximum absolute atomic E-state index is 5.51. The topological polar surface area (TPSA) is 40.0 Å². The van der Waals surface area contributed by atoms with E-state index in [4.69, 9.17) is 9.97 Å². The summed E-state index contributed by atoms with van der Waals surface area (Å²) in [7, 11) is 0. The van der Waals surface area contributed by atoms with Crippen LogP contribution in [-0.4, -0.2) is 23.5 Å². The third-order valence-corrected chi connectivity index (χ3v) is 11.7. The highest BCUT2D eigenvalue weighted by Gasteiger charge is 2.25. The zero-order chi connectivity index (χ0) is 35.8. The van der Waals surface area contributed by atoms with Gasteiger partial charge in [0.1, 0.15) is 5.69 Å². The summed E-state index contributed by atoms with van der Waals surface area (Å²) >= 11 is 0. The third kappa shape index (κ3) is 3.76. The molecule has 0 aliphatic carbocycles. The Balaban J connectivity index is 1.19. The molecule has 5 heterocycles. The monoisotopic (exact) mass is 699 g/mol. The standard InChI is InChI=1S/C50H29N5/c1-2-13-31(14-3-1)53-40-22-8-4-15-32(40)34-28-27-30(29-45(34)53)48-50(52-39-21-7-6-20-38(39)51-48)55-42-24-11-17-35-37-19-10-18-36-33-16-5-9-23-41(33)54(49(36)37)43-25-12-26-44(55)47(43)46(35)42/h1-29H. The van der Waals surface area contributed by atoms with Crippen LogP contribution >= 0.6 is 0 Å². The van der Waals surface area contributed by atoms with E-state index in [1.165, 1.54) is 65.2 Å². The second-order valence-corrected chi connectivity index (χ2v) is 14.6. The van der Waals surface area contributed by atoms with Gasteiger partial charge in [-0.3, -0.25) is 4.57 Å². The fourth-order valence-electron chi connectivity index (χ4n) is 9.53. The van der Waals surface area contributed by atoms with Crippen LogP contribution in [-0.2, 0) is 0 Å². The van der Waals surface area contributed by atoms with E-state index < -0.39 is 0 Å². The van der Waals surface area contributed by atoms with Crippen molar-refractivity contribution < 1.29 is 0 Å². The zero-order valence-corrected chi connectivity index (χ0v) is 29.5. The molecule has 0 bridgehead atoms. The molecule has 0 saturated heterocycles. The highest BCUT2D eigenvalue weighted by atomic mass is 15.1. The molecule has 5 heteroatoms. The molecule has 5 nitrogen and oxygen atoms in total. The highest BCUT2D eigenvalue weighted by molar-refractivity contribution is 6.31. The number of hydrogen-bond acceptors (Lipinski definition) is 2. The number of fused-ring (bicyclic) bond motifs is 9. The van der Waals surface area contributed by atoms with Gasteiger partial charge in [-0.2, -0.15) is 0 Å². The van der Waals surface area contributed by atoms with Crippen molar-refractivity contribution in [3.63, 3.8) is 0 Å². The lowest BCUT2D eigenvalue weighted by Gasteiger charge is -2.15. The molecule has 13 aromatic rings. The lowest BCUT2D eigenvalue weighted by atomic mass is 10.0. The van der Waals surface area contributed by atoms with Crippen molar-refractivity contribution in [2.24, 2.45) is 0 Å². The van der Waals surface area contributed by atoms with Gasteiger partial charge in [-0.15, -0.1) is 0 Å². The molecule has 0 atom stereocenters. The van der Waals surface area contributed by atoms with Gasteiger partial charge in [0.2, 0.25) is 0 Å². The van der Waals surface area contributed by atoms with Crippen LogP contribution < -0.4 is 0 Å². The minimum Gasteiger partial charge on any atom is -0.309 e. The summed E-state index contributed by atoms with van der Waals surface area (Å²) in [6.07, 6.45) is 0. The van der Waals surface area contributed by atoms with E-state index in [-0.39, 0.29) is 0 Å². The van der Waals surface area contributed by atoms with E-state index in [9.17, 15) is 0 Å². The van der Waals surface area contributed by atoms with Gasteiger partial charge in [0.25, 0.3) is 0 Å². The van der Waals surface area contributed by atoms with Crippen molar-refractivity contribution in [3.05, 3.63) is 176 Å². The fourth-order valence-corrected chi connectivity index (χ4v) is 9.53. The van der Waals surface area contributed by atoms with Crippen molar-refractivity contribution in [2.75, 3.05) is 0 Å². The SMILES string of the molecule is c1ccc(-n2c3ccccc3c3ccc(-c4nc5ccccc5nc4-n4c5cccc6c7cccc8c9ccccc9n(c9cccc4c9c65)c78)cc32)cc1. The Morgan fingerprint density at radius 2 is 0.909 bits per heavy atom. The van der Waals surface area contributed by atoms with Gasteiger partial charge >= 0.3 is 0 Å². The number of nitrogens with zero attached hydrogens (tertiary/aromatic N) is 5. The van der Waals surface area contributed by atoms with Gasteiger partial charge in [-0.25, -0.2) is 9.97 Å². The van der Waals surface area contributed by atoms with Crippen LogP contribution in [0.3, 0.4) is 0 Å². The van der Waals surface area contributed by atoms with Crippen molar-refractivity contribution >= 4 is 92.7 Å². The Labute approximate surface area is 313 Å². The van der Waals surface area contributed by atoms with E-state index in [1.807, 2.05) is 12.1 Å². The van der Waals surface area contributed by atoms with Crippen LogP contribution in [0, 0.1) is 0 Å². The predicted molar refractivity (Wildman–Crippen MR) is 228 cm³/mol. The molecular formula is C50H29N5. The lowest BCUT2D eigenvalue weighted by Crippen LogP contribution is -2.04. The molecule has 0 unspecified atom stereocenters. The first kappa shape index (κ1) is 29.0. The molecule has 0 saturated carbocycles. The lowest BCUT2D eigenvalue weighted by molar-refractivity contribution is 1.08. The van der Waals surface area contributed by atoms with Crippen LogP contribution in [0.2, 0.25) is 0 Å². The summed E-state index contributed by atoms with van der Waals surface area (Å²) < 4.78 is 7.21. The number of para-hydroxylation sites is 6. The molecule has 0 N–H and O–H groups in total. The molecule has 55 heavy (non-hydrogen) atoms. The van der Waals surface area contributed by atoms with Crippen molar-refractivity contribution in [1.29, 1.82) is 0 Å². The molecule has 0 fully saturated rings. The van der Waals surface area contributed by atoms with E-state index in [0.717, 1.165) is 50.3 Å². The summed E-state index contributed by atoms with van der Waals surface area (Å²) in [5.74, 6) is 0.811. The van der Waals surface area contributed by atoms with Gasteiger partial charge < -0.3 is 8.97 Å². The van der Waals surface area contributed by atoms with E-state index >= 15 is 0 Å². The fraction of sp³-hybridized carbons (Fsp3) is 0. The first-order valence-corrected chi connectivity index (χ1v) is 18.8. The Morgan fingerprint density at radius 3 is 1.75 bits per heavy atom. The second-order valence-electron chi connectivity index (χ2n) is 14.6. The number of benzene rings is 8. The molecule has 254 valence electrons. The maximum Gasteiger partial charge on any atom is 0.165 e. The van der Waals surface area contributed by atoms with E-state index in [0.29, 0.717) is 0 Å². The Morgan fingerprint density at radius 1 is 0.345 bits per heavy atom. The molecule has 13 rings (SSSR count). The molecule has 0 aliphatic rings. The molecule has 0 aliphatic heterocycles. The first-order valence-electron chi connectivity index (χ1n) is 18.8. The average Bonchev–Trinajstić information content (AvgIpc) is 3.86. The molecule has 5 aromatic heterocycles. The summed E-state index contributed by atoms with van der Waals surface area (Å²) in [6.45, 7) is 0. The molecule has 0 amide bonds. The van der Waals surface area contributed by atoms with Gasteiger partial charge in [0.15, 0.2) is 5.82 Å². The normalized spacial score (nSPS) is 12.4. The van der Waals surface area contributed by atoms with Gasteiger partial charge in [0, 0.05) is 49.0 Å². The van der Waals surface area contributed by atoms with Gasteiger partial charge in [0.05, 0.1) is 49.7 Å². The third-order valence-electron chi connectivity index (χ3n) is 11.7. The van der Waals surface area contributed by atoms with Crippen LogP contribution in [0.1, 0.15) is 0 Å². The van der Waals surface area contributed by atoms with Crippen molar-refractivity contribution in [3.8, 4) is 22.8 Å². The van der Waals surface area contributed by atoms with Crippen LogP contribution in [0.4, 0.5) is 0 Å². The van der Waals surface area contributed by atoms with Crippen LogP contribution in [0.25, 0.3) is 116 Å². The Hall–Kier alpha value is -7.50. The number of rotatable bonds is 3. The summed E-state index contributed by atoms with van der Waals surface area (Å²) in [5, 5.41) is 9.87. The molecule has 8 aromatic carbocycles.